The third-order valence-electron chi connectivity index (χ3n) is 4.12. The van der Waals surface area contributed by atoms with Crippen LogP contribution in [-0.4, -0.2) is 29.2 Å². The van der Waals surface area contributed by atoms with Crippen LogP contribution in [0.25, 0.3) is 0 Å². The molecule has 0 atom stereocenters. The Morgan fingerprint density at radius 1 is 1.12 bits per heavy atom. The van der Waals surface area contributed by atoms with Crippen LogP contribution >= 0.6 is 11.6 Å². The van der Waals surface area contributed by atoms with Crippen LogP contribution in [0.15, 0.2) is 35.2 Å². The van der Waals surface area contributed by atoms with Crippen molar-refractivity contribution in [1.82, 2.24) is 0 Å². The van der Waals surface area contributed by atoms with Crippen LogP contribution in [0.3, 0.4) is 0 Å². The fourth-order valence-electron chi connectivity index (χ4n) is 2.93. The van der Waals surface area contributed by atoms with Crippen molar-refractivity contribution in [3.63, 3.8) is 0 Å². The van der Waals surface area contributed by atoms with Crippen molar-refractivity contribution in [2.75, 3.05) is 25.1 Å². The van der Waals surface area contributed by atoms with Gasteiger partial charge in [0.2, 0.25) is 0 Å². The van der Waals surface area contributed by atoms with Gasteiger partial charge in [0.15, 0.2) is 11.5 Å². The van der Waals surface area contributed by atoms with Gasteiger partial charge >= 0.3 is 0 Å². The highest BCUT2D eigenvalue weighted by Crippen LogP contribution is 2.37. The topological polar surface area (TPSA) is 55.8 Å². The molecule has 0 N–H and O–H groups in total. The summed E-state index contributed by atoms with van der Waals surface area (Å²) >= 11 is 6.00. The number of hydrogen-bond donors (Lipinski definition) is 0. The molecule has 2 aromatic carbocycles. The van der Waals surface area contributed by atoms with Crippen molar-refractivity contribution >= 4 is 27.3 Å². The molecule has 0 aliphatic carbocycles. The largest absolute Gasteiger partial charge is 0.493 e. The standard InChI is InChI=1S/C17H17ClFNO4S/c1-23-15-9-13(19)17(10-16(15)24-2)25(21,22)20-7-3-4-11-8-12(18)5-6-14(11)20/h5-6,8-10H,3-4,7H2,1-2H3. The second-order valence-corrected chi connectivity index (χ2v) is 7.86. The van der Waals surface area contributed by atoms with Crippen LogP contribution < -0.4 is 13.8 Å². The Labute approximate surface area is 151 Å². The van der Waals surface area contributed by atoms with Crippen LogP contribution in [0.5, 0.6) is 11.5 Å². The summed E-state index contributed by atoms with van der Waals surface area (Å²) in [4.78, 5) is -0.451. The Bertz CT molecular complexity index is 917. The molecule has 134 valence electrons. The first-order chi connectivity index (χ1) is 11.9. The van der Waals surface area contributed by atoms with Gasteiger partial charge in [-0.3, -0.25) is 4.31 Å². The van der Waals surface area contributed by atoms with E-state index in [4.69, 9.17) is 21.1 Å². The van der Waals surface area contributed by atoms with E-state index in [0.717, 1.165) is 24.1 Å². The molecule has 0 unspecified atom stereocenters. The minimum atomic E-state index is -4.10. The molecule has 0 saturated carbocycles. The zero-order valence-electron chi connectivity index (χ0n) is 13.8. The van der Waals surface area contributed by atoms with Crippen molar-refractivity contribution in [3.05, 3.63) is 46.7 Å². The number of methoxy groups -OCH3 is 2. The van der Waals surface area contributed by atoms with E-state index in [1.54, 1.807) is 18.2 Å². The maximum absolute atomic E-state index is 14.5. The molecule has 1 heterocycles. The van der Waals surface area contributed by atoms with Crippen LogP contribution in [0.4, 0.5) is 10.1 Å². The zero-order chi connectivity index (χ0) is 18.2. The van der Waals surface area contributed by atoms with E-state index in [0.29, 0.717) is 17.1 Å². The number of nitrogens with zero attached hydrogens (tertiary/aromatic N) is 1. The summed E-state index contributed by atoms with van der Waals surface area (Å²) in [6.45, 7) is 0.269. The Kier molecular flexibility index (Phi) is 4.79. The average molecular weight is 386 g/mol. The van der Waals surface area contributed by atoms with Crippen molar-refractivity contribution in [2.24, 2.45) is 0 Å². The van der Waals surface area contributed by atoms with Crippen LogP contribution in [0, 0.1) is 5.82 Å². The number of halogens is 2. The lowest BCUT2D eigenvalue weighted by Gasteiger charge is -2.30. The van der Waals surface area contributed by atoms with E-state index in [1.165, 1.54) is 18.5 Å². The Morgan fingerprint density at radius 3 is 2.48 bits per heavy atom. The second-order valence-electron chi connectivity index (χ2n) is 5.59. The van der Waals surface area contributed by atoms with Gasteiger partial charge in [-0.2, -0.15) is 0 Å². The summed E-state index contributed by atoms with van der Waals surface area (Å²) in [5, 5.41) is 0.537. The lowest BCUT2D eigenvalue weighted by atomic mass is 10.0. The summed E-state index contributed by atoms with van der Waals surface area (Å²) in [6.07, 6.45) is 1.35. The molecule has 0 aromatic heterocycles. The fraction of sp³-hybridized carbons (Fsp3) is 0.294. The van der Waals surface area contributed by atoms with E-state index in [9.17, 15) is 12.8 Å². The third kappa shape index (κ3) is 3.14. The monoisotopic (exact) mass is 385 g/mol. The van der Waals surface area contributed by atoms with Gasteiger partial charge in [0.05, 0.1) is 19.9 Å². The van der Waals surface area contributed by atoms with Crippen molar-refractivity contribution in [2.45, 2.75) is 17.7 Å². The number of hydrogen-bond acceptors (Lipinski definition) is 4. The average Bonchev–Trinajstić information content (AvgIpc) is 2.60. The quantitative estimate of drug-likeness (QED) is 0.806. The Hall–Kier alpha value is -1.99. The summed E-state index contributed by atoms with van der Waals surface area (Å²) in [7, 11) is -1.37. The minimum absolute atomic E-state index is 0.129. The van der Waals surface area contributed by atoms with Gasteiger partial charge in [0.1, 0.15) is 10.7 Å². The SMILES string of the molecule is COc1cc(F)c(S(=O)(=O)N2CCCc3cc(Cl)ccc32)cc1OC. The zero-order valence-corrected chi connectivity index (χ0v) is 15.3. The molecule has 0 fully saturated rings. The number of anilines is 1. The minimum Gasteiger partial charge on any atom is -0.493 e. The molecule has 2 aromatic rings. The van der Waals surface area contributed by atoms with E-state index < -0.39 is 20.7 Å². The summed E-state index contributed by atoms with van der Waals surface area (Å²) in [5.74, 6) is -0.612. The highest BCUT2D eigenvalue weighted by molar-refractivity contribution is 7.92. The van der Waals surface area contributed by atoms with E-state index in [1.807, 2.05) is 0 Å². The van der Waals surface area contributed by atoms with Crippen LogP contribution in [-0.2, 0) is 16.4 Å². The van der Waals surface area contributed by atoms with Crippen molar-refractivity contribution in [3.8, 4) is 11.5 Å². The summed E-state index contributed by atoms with van der Waals surface area (Å²) < 4.78 is 52.0. The predicted octanol–water partition coefficient (Wildman–Crippen LogP) is 3.64. The maximum atomic E-state index is 14.5. The van der Waals surface area contributed by atoms with Gasteiger partial charge < -0.3 is 9.47 Å². The van der Waals surface area contributed by atoms with Gasteiger partial charge in [0.25, 0.3) is 10.0 Å². The van der Waals surface area contributed by atoms with Gasteiger partial charge in [0, 0.05) is 23.7 Å². The molecule has 8 heteroatoms. The third-order valence-corrected chi connectivity index (χ3v) is 6.19. The number of ether oxygens (including phenoxy) is 2. The van der Waals surface area contributed by atoms with Gasteiger partial charge in [-0.15, -0.1) is 0 Å². The Balaban J connectivity index is 2.13. The smallest absolute Gasteiger partial charge is 0.267 e. The van der Waals surface area contributed by atoms with Crippen LogP contribution in [0.2, 0.25) is 5.02 Å². The second kappa shape index (κ2) is 6.72. The lowest BCUT2D eigenvalue weighted by Crippen LogP contribution is -2.36. The normalized spacial score (nSPS) is 14.2. The van der Waals surface area contributed by atoms with Gasteiger partial charge in [-0.1, -0.05) is 11.6 Å². The maximum Gasteiger partial charge on any atom is 0.267 e. The van der Waals surface area contributed by atoms with Gasteiger partial charge in [-0.05, 0) is 36.6 Å². The number of sulfonamides is 1. The number of benzene rings is 2. The first-order valence-electron chi connectivity index (χ1n) is 7.61. The highest BCUT2D eigenvalue weighted by Gasteiger charge is 2.32. The number of rotatable bonds is 4. The molecule has 1 aliphatic heterocycles. The predicted molar refractivity (Wildman–Crippen MR) is 93.8 cm³/mol. The molecule has 0 spiro atoms. The molecule has 0 bridgehead atoms. The highest BCUT2D eigenvalue weighted by atomic mass is 35.5. The molecule has 5 nitrogen and oxygen atoms in total. The van der Waals surface area contributed by atoms with Crippen LogP contribution in [0.1, 0.15) is 12.0 Å². The molecular formula is C17H17ClFNO4S. The summed E-state index contributed by atoms with van der Waals surface area (Å²) in [5.41, 5.74) is 1.34. The molecule has 0 saturated heterocycles. The lowest BCUT2D eigenvalue weighted by molar-refractivity contribution is 0.350. The first-order valence-corrected chi connectivity index (χ1v) is 9.43. The van der Waals surface area contributed by atoms with Gasteiger partial charge in [-0.25, -0.2) is 12.8 Å². The molecule has 1 aliphatic rings. The van der Waals surface area contributed by atoms with E-state index >= 15 is 0 Å². The molecular weight excluding hydrogens is 369 g/mol. The molecule has 25 heavy (non-hydrogen) atoms. The number of aryl methyl sites for hydroxylation is 1. The number of fused-ring (bicyclic) bond motifs is 1. The molecule has 0 amide bonds. The van der Waals surface area contributed by atoms with Crippen molar-refractivity contribution in [1.29, 1.82) is 0 Å². The van der Waals surface area contributed by atoms with Crippen molar-refractivity contribution < 1.29 is 22.3 Å². The molecule has 0 radical (unpaired) electrons. The summed E-state index contributed by atoms with van der Waals surface area (Å²) in [6, 6.07) is 7.17. The first kappa shape index (κ1) is 17.8. The molecule has 3 rings (SSSR count). The Morgan fingerprint density at radius 2 is 1.80 bits per heavy atom. The van der Waals surface area contributed by atoms with E-state index in [-0.39, 0.29) is 18.0 Å². The van der Waals surface area contributed by atoms with E-state index in [2.05, 4.69) is 0 Å². The fourth-order valence-corrected chi connectivity index (χ4v) is 4.73.